The van der Waals surface area contributed by atoms with Gasteiger partial charge in [0.25, 0.3) is 0 Å². The molecule has 0 bridgehead atoms. The van der Waals surface area contributed by atoms with Gasteiger partial charge in [0.15, 0.2) is 0 Å². The normalized spacial score (nSPS) is 18.8. The third kappa shape index (κ3) is 2.39. The Morgan fingerprint density at radius 2 is 2.05 bits per heavy atom. The molecule has 3 heterocycles. The van der Waals surface area contributed by atoms with E-state index in [1.54, 1.807) is 0 Å². The molecule has 0 radical (unpaired) electrons. The maximum atomic E-state index is 12.6. The Morgan fingerprint density at radius 3 is 2.91 bits per heavy atom. The summed E-state index contributed by atoms with van der Waals surface area (Å²) in [7, 11) is 0. The summed E-state index contributed by atoms with van der Waals surface area (Å²) in [5.74, 6) is 1.76. The lowest BCUT2D eigenvalue weighted by atomic mass is 9.93. The first kappa shape index (κ1) is 13.8. The third-order valence-electron chi connectivity index (χ3n) is 4.95. The maximum absolute atomic E-state index is 12.6. The molecule has 2 aliphatic heterocycles. The highest BCUT2D eigenvalue weighted by Gasteiger charge is 2.28. The van der Waals surface area contributed by atoms with Gasteiger partial charge in [-0.1, -0.05) is 12.1 Å². The van der Waals surface area contributed by atoms with Gasteiger partial charge >= 0.3 is 0 Å². The van der Waals surface area contributed by atoms with E-state index in [-0.39, 0.29) is 5.91 Å². The lowest BCUT2D eigenvalue weighted by Gasteiger charge is -2.23. The predicted octanol–water partition coefficient (Wildman–Crippen LogP) is 2.16. The van der Waals surface area contributed by atoms with Crippen LogP contribution in [-0.4, -0.2) is 35.1 Å². The number of rotatable bonds is 3. The molecule has 1 aromatic carbocycles. The summed E-state index contributed by atoms with van der Waals surface area (Å²) >= 11 is 0. The van der Waals surface area contributed by atoms with Crippen LogP contribution < -0.4 is 10.2 Å². The molecule has 0 saturated carbocycles. The molecule has 5 nitrogen and oxygen atoms in total. The van der Waals surface area contributed by atoms with Crippen LogP contribution in [0.3, 0.4) is 0 Å². The van der Waals surface area contributed by atoms with E-state index in [1.165, 1.54) is 12.8 Å². The number of piperidine rings is 1. The first-order valence-corrected chi connectivity index (χ1v) is 8.29. The Hall–Kier alpha value is -1.88. The number of amides is 1. The quantitative estimate of drug-likeness (QED) is 0.945. The van der Waals surface area contributed by atoms with E-state index in [4.69, 9.17) is 0 Å². The van der Waals surface area contributed by atoms with Crippen molar-refractivity contribution in [3.05, 3.63) is 24.3 Å². The highest BCUT2D eigenvalue weighted by atomic mass is 16.2. The molecule has 2 aliphatic rings. The molecule has 22 heavy (non-hydrogen) atoms. The Bertz CT molecular complexity index is 687. The number of fused-ring (bicyclic) bond motifs is 3. The van der Waals surface area contributed by atoms with Crippen LogP contribution in [0.1, 0.15) is 25.7 Å². The van der Waals surface area contributed by atoms with Crippen molar-refractivity contribution in [3.8, 4) is 0 Å². The largest absolute Gasteiger partial charge is 0.317 e. The van der Waals surface area contributed by atoms with E-state index in [2.05, 4.69) is 20.9 Å². The fourth-order valence-electron chi connectivity index (χ4n) is 3.66. The van der Waals surface area contributed by atoms with Crippen LogP contribution in [0.2, 0.25) is 0 Å². The van der Waals surface area contributed by atoms with Crippen LogP contribution in [-0.2, 0) is 11.3 Å². The number of benzene rings is 1. The van der Waals surface area contributed by atoms with Crippen LogP contribution in [0.5, 0.6) is 0 Å². The van der Waals surface area contributed by atoms with Crippen LogP contribution in [0, 0.1) is 5.92 Å². The molecular weight excluding hydrogens is 276 g/mol. The molecule has 0 unspecified atom stereocenters. The number of nitrogens with one attached hydrogen (secondary N) is 1. The minimum Gasteiger partial charge on any atom is -0.317 e. The van der Waals surface area contributed by atoms with E-state index < -0.39 is 0 Å². The van der Waals surface area contributed by atoms with Crippen LogP contribution in [0.4, 0.5) is 5.95 Å². The van der Waals surface area contributed by atoms with Gasteiger partial charge < -0.3 is 9.88 Å². The minimum atomic E-state index is 0.229. The molecule has 0 aliphatic carbocycles. The second kappa shape index (κ2) is 5.72. The lowest BCUT2D eigenvalue weighted by Crippen LogP contribution is -2.31. The standard InChI is InChI=1S/C17H22N4O/c22-16(6-5-13-7-9-18-10-8-13)21-12-11-20-15-4-2-1-3-14(15)19-17(20)21/h1-4,13,18H,5-12H2. The zero-order valence-corrected chi connectivity index (χ0v) is 12.8. The predicted molar refractivity (Wildman–Crippen MR) is 86.9 cm³/mol. The number of carbonyl (C=O) groups is 1. The van der Waals surface area contributed by atoms with Gasteiger partial charge in [0.1, 0.15) is 0 Å². The summed E-state index contributed by atoms with van der Waals surface area (Å²) in [6, 6.07) is 8.11. The maximum Gasteiger partial charge on any atom is 0.229 e. The second-order valence-electron chi connectivity index (χ2n) is 6.33. The monoisotopic (exact) mass is 298 g/mol. The highest BCUT2D eigenvalue weighted by Crippen LogP contribution is 2.28. The third-order valence-corrected chi connectivity index (χ3v) is 4.95. The van der Waals surface area contributed by atoms with Crippen molar-refractivity contribution in [2.24, 2.45) is 5.92 Å². The first-order valence-electron chi connectivity index (χ1n) is 8.29. The van der Waals surface area contributed by atoms with Crippen molar-refractivity contribution in [3.63, 3.8) is 0 Å². The smallest absolute Gasteiger partial charge is 0.229 e. The van der Waals surface area contributed by atoms with Crippen molar-refractivity contribution in [2.45, 2.75) is 32.2 Å². The minimum absolute atomic E-state index is 0.229. The van der Waals surface area contributed by atoms with Crippen molar-refractivity contribution in [1.29, 1.82) is 0 Å². The van der Waals surface area contributed by atoms with Crippen molar-refractivity contribution in [1.82, 2.24) is 14.9 Å². The van der Waals surface area contributed by atoms with Crippen LogP contribution >= 0.6 is 0 Å². The fraction of sp³-hybridized carbons (Fsp3) is 0.529. The number of hydrogen-bond acceptors (Lipinski definition) is 3. The summed E-state index contributed by atoms with van der Waals surface area (Å²) in [5, 5.41) is 3.38. The first-order chi connectivity index (χ1) is 10.8. The number of anilines is 1. The summed E-state index contributed by atoms with van der Waals surface area (Å²) in [5.41, 5.74) is 2.11. The highest BCUT2D eigenvalue weighted by molar-refractivity contribution is 5.94. The number of hydrogen-bond donors (Lipinski definition) is 1. The van der Waals surface area contributed by atoms with E-state index in [0.717, 1.165) is 49.6 Å². The van der Waals surface area contributed by atoms with Gasteiger partial charge in [0.05, 0.1) is 11.0 Å². The molecular formula is C17H22N4O. The van der Waals surface area contributed by atoms with Gasteiger partial charge in [-0.25, -0.2) is 4.98 Å². The van der Waals surface area contributed by atoms with Crippen molar-refractivity contribution < 1.29 is 4.79 Å². The molecule has 1 saturated heterocycles. The Labute approximate surface area is 130 Å². The molecule has 2 aromatic rings. The molecule has 116 valence electrons. The van der Waals surface area contributed by atoms with Crippen molar-refractivity contribution >= 4 is 22.9 Å². The average Bonchev–Trinajstić information content (AvgIpc) is 3.12. The molecule has 1 fully saturated rings. The average molecular weight is 298 g/mol. The van der Waals surface area contributed by atoms with Crippen LogP contribution in [0.15, 0.2) is 24.3 Å². The van der Waals surface area contributed by atoms with Gasteiger partial charge in [0, 0.05) is 19.5 Å². The molecule has 1 N–H and O–H groups in total. The topological polar surface area (TPSA) is 50.2 Å². The van der Waals surface area contributed by atoms with Gasteiger partial charge in [-0.15, -0.1) is 0 Å². The zero-order chi connectivity index (χ0) is 14.9. The van der Waals surface area contributed by atoms with Gasteiger partial charge in [-0.05, 0) is 50.4 Å². The van der Waals surface area contributed by atoms with Gasteiger partial charge in [-0.3, -0.25) is 9.69 Å². The molecule has 4 rings (SSSR count). The Kier molecular flexibility index (Phi) is 3.58. The SMILES string of the molecule is O=C(CCC1CCNCC1)N1CCn2c1nc1ccccc12. The van der Waals surface area contributed by atoms with Crippen LogP contribution in [0.25, 0.3) is 11.0 Å². The number of nitrogens with zero attached hydrogens (tertiary/aromatic N) is 3. The van der Waals surface area contributed by atoms with Crippen molar-refractivity contribution in [2.75, 3.05) is 24.5 Å². The molecule has 1 aromatic heterocycles. The van der Waals surface area contributed by atoms with E-state index in [9.17, 15) is 4.79 Å². The summed E-state index contributed by atoms with van der Waals surface area (Å²) in [6.45, 7) is 3.81. The Balaban J connectivity index is 1.47. The fourth-order valence-corrected chi connectivity index (χ4v) is 3.66. The number of carbonyl (C=O) groups excluding carboxylic acids is 1. The second-order valence-corrected chi connectivity index (χ2v) is 6.33. The number of imidazole rings is 1. The van der Waals surface area contributed by atoms with Gasteiger partial charge in [-0.2, -0.15) is 0 Å². The summed E-state index contributed by atoms with van der Waals surface area (Å²) in [6.07, 6.45) is 4.06. The summed E-state index contributed by atoms with van der Waals surface area (Å²) < 4.78 is 2.16. The number of para-hydroxylation sites is 2. The zero-order valence-electron chi connectivity index (χ0n) is 12.8. The van der Waals surface area contributed by atoms with E-state index in [1.807, 2.05) is 23.1 Å². The molecule has 0 spiro atoms. The Morgan fingerprint density at radius 1 is 1.23 bits per heavy atom. The lowest BCUT2D eigenvalue weighted by molar-refractivity contribution is -0.118. The van der Waals surface area contributed by atoms with E-state index in [0.29, 0.717) is 12.3 Å². The molecule has 5 heteroatoms. The summed E-state index contributed by atoms with van der Waals surface area (Å²) in [4.78, 5) is 19.1. The number of aromatic nitrogens is 2. The molecule has 1 amide bonds. The van der Waals surface area contributed by atoms with Gasteiger partial charge in [0.2, 0.25) is 11.9 Å². The van der Waals surface area contributed by atoms with E-state index >= 15 is 0 Å². The molecule has 0 atom stereocenters.